The first-order valence-electron chi connectivity index (χ1n) is 8.64. The smallest absolute Gasteiger partial charge is 0.354 e. The van der Waals surface area contributed by atoms with Crippen molar-refractivity contribution in [3.63, 3.8) is 0 Å². The molecule has 7 heteroatoms. The number of alkyl halides is 3. The normalized spacial score (nSPS) is 16.6. The molecule has 0 aliphatic carbocycles. The standard InChI is InChI=1S/C19H21F3N2OS/c20-19(21,22)15-6-3-5-14(11-15)12-18(25)23-13-16(17-7-4-10-26-17)24-8-1-2-9-24/h3-7,10-11,16H,1-2,8-9,12-13H2,(H,23,25)/t16-/m1/s1. The van der Waals surface area contributed by atoms with Crippen molar-refractivity contribution in [1.82, 2.24) is 10.2 Å². The SMILES string of the molecule is O=C(Cc1cccc(C(F)(F)F)c1)NC[C@H](c1cccs1)N1CCCC1. The van der Waals surface area contributed by atoms with Gasteiger partial charge in [0.05, 0.1) is 18.0 Å². The number of thiophene rings is 1. The van der Waals surface area contributed by atoms with Crippen molar-refractivity contribution in [2.75, 3.05) is 19.6 Å². The first-order valence-corrected chi connectivity index (χ1v) is 9.52. The summed E-state index contributed by atoms with van der Waals surface area (Å²) in [5.74, 6) is -0.259. The lowest BCUT2D eigenvalue weighted by Gasteiger charge is -2.27. The number of amides is 1. The summed E-state index contributed by atoms with van der Waals surface area (Å²) in [5, 5.41) is 4.92. The third kappa shape index (κ3) is 4.86. The van der Waals surface area contributed by atoms with Crippen LogP contribution >= 0.6 is 11.3 Å². The van der Waals surface area contributed by atoms with E-state index in [0.717, 1.165) is 38.1 Å². The molecule has 3 nitrogen and oxygen atoms in total. The van der Waals surface area contributed by atoms with Crippen LogP contribution in [0.2, 0.25) is 0 Å². The number of nitrogens with zero attached hydrogens (tertiary/aromatic N) is 1. The average molecular weight is 382 g/mol. The van der Waals surface area contributed by atoms with Gasteiger partial charge in [0.1, 0.15) is 0 Å². The quantitative estimate of drug-likeness (QED) is 0.810. The molecular weight excluding hydrogens is 361 g/mol. The summed E-state index contributed by atoms with van der Waals surface area (Å²) in [4.78, 5) is 15.8. The van der Waals surface area contributed by atoms with E-state index in [9.17, 15) is 18.0 Å². The highest BCUT2D eigenvalue weighted by Gasteiger charge is 2.30. The van der Waals surface area contributed by atoms with Gasteiger partial charge >= 0.3 is 6.18 Å². The fourth-order valence-corrected chi connectivity index (χ4v) is 4.12. The fourth-order valence-electron chi connectivity index (χ4n) is 3.26. The molecule has 26 heavy (non-hydrogen) atoms. The van der Waals surface area contributed by atoms with Crippen molar-refractivity contribution in [3.8, 4) is 0 Å². The molecule has 0 unspecified atom stereocenters. The molecule has 1 amide bonds. The lowest BCUT2D eigenvalue weighted by atomic mass is 10.1. The number of benzene rings is 1. The van der Waals surface area contributed by atoms with Crippen molar-refractivity contribution in [3.05, 3.63) is 57.8 Å². The second kappa shape index (κ2) is 8.22. The second-order valence-electron chi connectivity index (χ2n) is 6.45. The van der Waals surface area contributed by atoms with Gasteiger partial charge in [0, 0.05) is 11.4 Å². The number of carbonyl (C=O) groups excluding carboxylic acids is 1. The van der Waals surface area contributed by atoms with E-state index >= 15 is 0 Å². The maximum atomic E-state index is 12.8. The van der Waals surface area contributed by atoms with Crippen LogP contribution in [0, 0.1) is 0 Å². The molecule has 3 rings (SSSR count). The van der Waals surface area contributed by atoms with Gasteiger partial charge in [0.15, 0.2) is 0 Å². The number of hydrogen-bond acceptors (Lipinski definition) is 3. The zero-order valence-corrected chi connectivity index (χ0v) is 15.1. The van der Waals surface area contributed by atoms with E-state index in [-0.39, 0.29) is 18.4 Å². The lowest BCUT2D eigenvalue weighted by molar-refractivity contribution is -0.137. The number of nitrogens with one attached hydrogen (secondary N) is 1. The van der Waals surface area contributed by atoms with Crippen molar-refractivity contribution in [2.24, 2.45) is 0 Å². The number of halogens is 3. The maximum Gasteiger partial charge on any atom is 0.416 e. The highest BCUT2D eigenvalue weighted by Crippen LogP contribution is 2.30. The largest absolute Gasteiger partial charge is 0.416 e. The van der Waals surface area contributed by atoms with Gasteiger partial charge in [0.2, 0.25) is 5.91 Å². The Morgan fingerprint density at radius 2 is 1.96 bits per heavy atom. The Labute approximate surface area is 154 Å². The van der Waals surface area contributed by atoms with Gasteiger partial charge in [-0.05, 0) is 49.0 Å². The molecule has 0 bridgehead atoms. The first-order chi connectivity index (χ1) is 12.4. The van der Waals surface area contributed by atoms with Gasteiger partial charge in [-0.15, -0.1) is 11.3 Å². The Morgan fingerprint density at radius 1 is 1.19 bits per heavy atom. The van der Waals surface area contributed by atoms with Crippen LogP contribution in [-0.2, 0) is 17.4 Å². The predicted molar refractivity (Wildman–Crippen MR) is 96.0 cm³/mol. The molecular formula is C19H21F3N2OS. The van der Waals surface area contributed by atoms with E-state index in [4.69, 9.17) is 0 Å². The number of likely N-dealkylation sites (tertiary alicyclic amines) is 1. The minimum Gasteiger partial charge on any atom is -0.354 e. The van der Waals surface area contributed by atoms with Crippen molar-refractivity contribution < 1.29 is 18.0 Å². The van der Waals surface area contributed by atoms with E-state index in [1.165, 1.54) is 10.9 Å². The van der Waals surface area contributed by atoms with E-state index in [2.05, 4.69) is 16.3 Å². The Kier molecular flexibility index (Phi) is 5.98. The molecule has 1 fully saturated rings. The van der Waals surface area contributed by atoms with Crippen molar-refractivity contribution in [1.29, 1.82) is 0 Å². The second-order valence-corrected chi connectivity index (χ2v) is 7.43. The van der Waals surface area contributed by atoms with E-state index in [0.29, 0.717) is 12.1 Å². The number of rotatable bonds is 6. The third-order valence-electron chi connectivity index (χ3n) is 4.56. The maximum absolute atomic E-state index is 12.8. The molecule has 0 spiro atoms. The summed E-state index contributed by atoms with van der Waals surface area (Å²) in [7, 11) is 0. The van der Waals surface area contributed by atoms with Gasteiger partial charge in [0.25, 0.3) is 0 Å². The Bertz CT molecular complexity index is 725. The summed E-state index contributed by atoms with van der Waals surface area (Å²) in [6, 6.07) is 9.12. The zero-order chi connectivity index (χ0) is 18.6. The number of carbonyl (C=O) groups is 1. The molecule has 2 aromatic rings. The molecule has 140 valence electrons. The first kappa shape index (κ1) is 18.9. The van der Waals surface area contributed by atoms with Gasteiger partial charge in [-0.25, -0.2) is 0 Å². The van der Waals surface area contributed by atoms with E-state index in [1.807, 2.05) is 11.4 Å². The van der Waals surface area contributed by atoms with Crippen LogP contribution in [0.1, 0.15) is 34.9 Å². The molecule has 1 aromatic heterocycles. The Balaban J connectivity index is 1.60. The van der Waals surface area contributed by atoms with E-state index in [1.54, 1.807) is 17.4 Å². The van der Waals surface area contributed by atoms with Gasteiger partial charge in [-0.3, -0.25) is 9.69 Å². The van der Waals surface area contributed by atoms with Crippen molar-refractivity contribution >= 4 is 17.2 Å². The van der Waals surface area contributed by atoms with Crippen LogP contribution in [0.25, 0.3) is 0 Å². The third-order valence-corrected chi connectivity index (χ3v) is 5.54. The molecule has 1 aromatic carbocycles. The molecule has 1 saturated heterocycles. The highest BCUT2D eigenvalue weighted by atomic mass is 32.1. The minimum absolute atomic E-state index is 0.0545. The topological polar surface area (TPSA) is 32.3 Å². The highest BCUT2D eigenvalue weighted by molar-refractivity contribution is 7.10. The molecule has 0 radical (unpaired) electrons. The summed E-state index contributed by atoms with van der Waals surface area (Å²) in [6.45, 7) is 2.48. The number of hydrogen-bond donors (Lipinski definition) is 1. The van der Waals surface area contributed by atoms with Crippen LogP contribution < -0.4 is 5.32 Å². The molecule has 2 heterocycles. The molecule has 1 aliphatic rings. The molecule has 1 atom stereocenters. The Hall–Kier alpha value is -1.86. The van der Waals surface area contributed by atoms with Crippen LogP contribution in [-0.4, -0.2) is 30.4 Å². The minimum atomic E-state index is -4.40. The zero-order valence-electron chi connectivity index (χ0n) is 14.3. The van der Waals surface area contributed by atoms with Crippen LogP contribution in [0.4, 0.5) is 13.2 Å². The van der Waals surface area contributed by atoms with Crippen molar-refractivity contribution in [2.45, 2.75) is 31.5 Å². The molecule has 0 saturated carbocycles. The molecule has 1 N–H and O–H groups in total. The average Bonchev–Trinajstić information content (AvgIpc) is 3.28. The van der Waals surface area contributed by atoms with E-state index < -0.39 is 11.7 Å². The van der Waals surface area contributed by atoms with Crippen LogP contribution in [0.3, 0.4) is 0 Å². The van der Waals surface area contributed by atoms with Gasteiger partial charge in [-0.2, -0.15) is 13.2 Å². The summed E-state index contributed by atoms with van der Waals surface area (Å²) < 4.78 is 38.4. The van der Waals surface area contributed by atoms with Crippen LogP contribution in [0.5, 0.6) is 0 Å². The Morgan fingerprint density at radius 3 is 2.62 bits per heavy atom. The molecule has 1 aliphatic heterocycles. The summed E-state index contributed by atoms with van der Waals surface area (Å²) in [6.07, 6.45) is -2.15. The van der Waals surface area contributed by atoms with Gasteiger partial charge in [-0.1, -0.05) is 24.3 Å². The monoisotopic (exact) mass is 382 g/mol. The predicted octanol–water partition coefficient (Wildman–Crippen LogP) is 4.26. The summed E-state index contributed by atoms with van der Waals surface area (Å²) >= 11 is 1.66. The fraction of sp³-hybridized carbons (Fsp3) is 0.421. The van der Waals surface area contributed by atoms with Gasteiger partial charge < -0.3 is 5.32 Å². The van der Waals surface area contributed by atoms with Crippen LogP contribution in [0.15, 0.2) is 41.8 Å². The lowest BCUT2D eigenvalue weighted by Crippen LogP contribution is -2.37. The summed E-state index contributed by atoms with van der Waals surface area (Å²) in [5.41, 5.74) is -0.359.